The molecule has 0 aromatic carbocycles. The van der Waals surface area contributed by atoms with Crippen LogP contribution in [0.15, 0.2) is 0 Å². The van der Waals surface area contributed by atoms with Crippen LogP contribution in [0, 0.1) is 12.3 Å². The van der Waals surface area contributed by atoms with Crippen molar-refractivity contribution in [3.63, 3.8) is 0 Å². The van der Waals surface area contributed by atoms with Crippen molar-refractivity contribution in [3.05, 3.63) is 16.5 Å². The SMILES string of the molecule is CCc1nc(Cl)c(C)c(N2CCCN(C(=O)C(C)(C)C)CC2)n1. The number of carbonyl (C=O) groups is 1. The highest BCUT2D eigenvalue weighted by Gasteiger charge is 2.29. The normalized spacial score (nSPS) is 16.4. The van der Waals surface area contributed by atoms with E-state index in [4.69, 9.17) is 11.6 Å². The molecule has 1 fully saturated rings. The molecule has 2 rings (SSSR count). The van der Waals surface area contributed by atoms with Gasteiger partial charge in [0, 0.05) is 43.6 Å². The lowest BCUT2D eigenvalue weighted by Crippen LogP contribution is -2.41. The van der Waals surface area contributed by atoms with Crippen LogP contribution in [0.2, 0.25) is 5.15 Å². The van der Waals surface area contributed by atoms with E-state index in [-0.39, 0.29) is 11.3 Å². The molecular formula is C17H27ClN4O. The molecule has 2 heterocycles. The van der Waals surface area contributed by atoms with Crippen LogP contribution in [-0.4, -0.2) is 47.0 Å². The molecule has 0 N–H and O–H groups in total. The molecule has 1 saturated heterocycles. The standard InChI is InChI=1S/C17H27ClN4O/c1-6-13-19-14(18)12(2)15(20-13)21-8-7-9-22(11-10-21)16(23)17(3,4)5/h6-11H2,1-5H3. The van der Waals surface area contributed by atoms with E-state index in [0.717, 1.165) is 56.2 Å². The first-order chi connectivity index (χ1) is 10.7. The number of anilines is 1. The highest BCUT2D eigenvalue weighted by molar-refractivity contribution is 6.30. The van der Waals surface area contributed by atoms with Crippen molar-refractivity contribution in [2.45, 2.75) is 47.5 Å². The van der Waals surface area contributed by atoms with Gasteiger partial charge >= 0.3 is 0 Å². The average Bonchev–Trinajstić information content (AvgIpc) is 2.74. The Bertz CT molecular complexity index is 583. The summed E-state index contributed by atoms with van der Waals surface area (Å²) in [7, 11) is 0. The van der Waals surface area contributed by atoms with E-state index in [1.807, 2.05) is 39.5 Å². The molecule has 6 heteroatoms. The van der Waals surface area contributed by atoms with Crippen LogP contribution < -0.4 is 4.90 Å². The fraction of sp³-hybridized carbons (Fsp3) is 0.706. The molecule has 0 unspecified atom stereocenters. The van der Waals surface area contributed by atoms with Crippen LogP contribution in [-0.2, 0) is 11.2 Å². The molecule has 0 radical (unpaired) electrons. The zero-order valence-corrected chi connectivity index (χ0v) is 15.6. The number of amides is 1. The number of aryl methyl sites for hydroxylation is 1. The second-order valence-corrected chi connectivity index (χ2v) is 7.47. The van der Waals surface area contributed by atoms with Crippen LogP contribution in [0.4, 0.5) is 5.82 Å². The van der Waals surface area contributed by atoms with Crippen molar-refractivity contribution in [2.75, 3.05) is 31.1 Å². The summed E-state index contributed by atoms with van der Waals surface area (Å²) in [6.07, 6.45) is 1.69. The van der Waals surface area contributed by atoms with Crippen LogP contribution in [0.5, 0.6) is 0 Å². The third-order valence-corrected chi connectivity index (χ3v) is 4.52. The fourth-order valence-corrected chi connectivity index (χ4v) is 2.98. The van der Waals surface area contributed by atoms with Gasteiger partial charge in [-0.25, -0.2) is 9.97 Å². The molecule has 1 aromatic rings. The molecule has 1 aliphatic rings. The number of hydrogen-bond donors (Lipinski definition) is 0. The topological polar surface area (TPSA) is 49.3 Å². The number of rotatable bonds is 2. The zero-order valence-electron chi connectivity index (χ0n) is 14.8. The Morgan fingerprint density at radius 2 is 1.87 bits per heavy atom. The maximum absolute atomic E-state index is 12.5. The summed E-state index contributed by atoms with van der Waals surface area (Å²) in [5.41, 5.74) is 0.582. The largest absolute Gasteiger partial charge is 0.354 e. The third kappa shape index (κ3) is 4.14. The quantitative estimate of drug-likeness (QED) is 0.777. The molecule has 0 atom stereocenters. The lowest BCUT2D eigenvalue weighted by molar-refractivity contribution is -0.139. The molecule has 0 aliphatic carbocycles. The third-order valence-electron chi connectivity index (χ3n) is 4.15. The van der Waals surface area contributed by atoms with Crippen LogP contribution in [0.3, 0.4) is 0 Å². The minimum absolute atomic E-state index is 0.214. The molecule has 1 aromatic heterocycles. The number of halogens is 1. The zero-order chi connectivity index (χ0) is 17.2. The van der Waals surface area contributed by atoms with E-state index in [2.05, 4.69) is 14.9 Å². The number of nitrogens with zero attached hydrogens (tertiary/aromatic N) is 4. The highest BCUT2D eigenvalue weighted by atomic mass is 35.5. The van der Waals surface area contributed by atoms with E-state index in [9.17, 15) is 4.79 Å². The summed E-state index contributed by atoms with van der Waals surface area (Å²) in [5.74, 6) is 1.89. The summed E-state index contributed by atoms with van der Waals surface area (Å²) < 4.78 is 0. The molecule has 0 saturated carbocycles. The Balaban J connectivity index is 2.18. The first-order valence-electron chi connectivity index (χ1n) is 8.31. The second-order valence-electron chi connectivity index (χ2n) is 7.12. The van der Waals surface area contributed by atoms with Gasteiger partial charge in [0.25, 0.3) is 0 Å². The Morgan fingerprint density at radius 3 is 2.48 bits per heavy atom. The van der Waals surface area contributed by atoms with Gasteiger partial charge < -0.3 is 9.80 Å². The van der Waals surface area contributed by atoms with Crippen LogP contribution in [0.25, 0.3) is 0 Å². The molecule has 5 nitrogen and oxygen atoms in total. The summed E-state index contributed by atoms with van der Waals surface area (Å²) >= 11 is 6.25. The van der Waals surface area contributed by atoms with Crippen molar-refractivity contribution in [2.24, 2.45) is 5.41 Å². The predicted molar refractivity (Wildman–Crippen MR) is 94.0 cm³/mol. The summed E-state index contributed by atoms with van der Waals surface area (Å²) in [6, 6.07) is 0. The Hall–Kier alpha value is -1.36. The Labute approximate surface area is 144 Å². The monoisotopic (exact) mass is 338 g/mol. The van der Waals surface area contributed by atoms with Crippen LogP contribution in [0.1, 0.15) is 45.5 Å². The van der Waals surface area contributed by atoms with Gasteiger partial charge in [0.2, 0.25) is 5.91 Å². The van der Waals surface area contributed by atoms with Crippen molar-refractivity contribution in [3.8, 4) is 0 Å². The molecule has 0 spiro atoms. The predicted octanol–water partition coefficient (Wildman–Crippen LogP) is 3.09. The minimum Gasteiger partial charge on any atom is -0.354 e. The van der Waals surface area contributed by atoms with Crippen molar-refractivity contribution >= 4 is 23.3 Å². The first-order valence-corrected chi connectivity index (χ1v) is 8.69. The van der Waals surface area contributed by atoms with Gasteiger partial charge in [0.15, 0.2) is 0 Å². The lowest BCUT2D eigenvalue weighted by atomic mass is 9.94. The van der Waals surface area contributed by atoms with E-state index in [0.29, 0.717) is 5.15 Å². The van der Waals surface area contributed by atoms with Gasteiger partial charge in [-0.1, -0.05) is 39.3 Å². The van der Waals surface area contributed by atoms with E-state index >= 15 is 0 Å². The van der Waals surface area contributed by atoms with Crippen molar-refractivity contribution < 1.29 is 4.79 Å². The highest BCUT2D eigenvalue weighted by Crippen LogP contribution is 2.25. The minimum atomic E-state index is -0.335. The van der Waals surface area contributed by atoms with Crippen LogP contribution >= 0.6 is 11.6 Å². The van der Waals surface area contributed by atoms with Gasteiger partial charge in [-0.15, -0.1) is 0 Å². The van der Waals surface area contributed by atoms with Gasteiger partial charge in [-0.2, -0.15) is 0 Å². The maximum Gasteiger partial charge on any atom is 0.228 e. The Kier molecular flexibility index (Phi) is 5.50. The van der Waals surface area contributed by atoms with Crippen molar-refractivity contribution in [1.82, 2.24) is 14.9 Å². The lowest BCUT2D eigenvalue weighted by Gasteiger charge is -2.29. The van der Waals surface area contributed by atoms with E-state index < -0.39 is 0 Å². The molecule has 1 amide bonds. The summed E-state index contributed by atoms with van der Waals surface area (Å²) in [6.45, 7) is 13.1. The first kappa shape index (κ1) is 18.0. The molecule has 1 aliphatic heterocycles. The number of carbonyl (C=O) groups excluding carboxylic acids is 1. The van der Waals surface area contributed by atoms with Gasteiger partial charge in [-0.3, -0.25) is 4.79 Å². The fourth-order valence-electron chi connectivity index (χ4n) is 2.79. The van der Waals surface area contributed by atoms with Gasteiger partial charge in [0.1, 0.15) is 16.8 Å². The number of aromatic nitrogens is 2. The molecule has 128 valence electrons. The molecule has 23 heavy (non-hydrogen) atoms. The smallest absolute Gasteiger partial charge is 0.228 e. The van der Waals surface area contributed by atoms with Gasteiger partial charge in [-0.05, 0) is 13.3 Å². The molecule has 0 bridgehead atoms. The summed E-state index contributed by atoms with van der Waals surface area (Å²) in [5, 5.41) is 0.527. The van der Waals surface area contributed by atoms with Crippen molar-refractivity contribution in [1.29, 1.82) is 0 Å². The maximum atomic E-state index is 12.5. The van der Waals surface area contributed by atoms with Gasteiger partial charge in [0.05, 0.1) is 0 Å². The average molecular weight is 339 g/mol. The van der Waals surface area contributed by atoms with E-state index in [1.165, 1.54) is 0 Å². The number of hydrogen-bond acceptors (Lipinski definition) is 4. The van der Waals surface area contributed by atoms with E-state index in [1.54, 1.807) is 0 Å². The second kappa shape index (κ2) is 7.04. The summed E-state index contributed by atoms with van der Waals surface area (Å²) in [4.78, 5) is 25.7. The molecular weight excluding hydrogens is 312 g/mol. The Morgan fingerprint density at radius 1 is 1.17 bits per heavy atom.